The minimum absolute atomic E-state index is 0.655. The highest BCUT2D eigenvalue weighted by Gasteiger charge is 2.01. The number of thiazole rings is 1. The summed E-state index contributed by atoms with van der Waals surface area (Å²) in [6.45, 7) is 7.63. The number of ether oxygens (including phenoxy) is 1. The molecule has 0 aliphatic heterocycles. The molecule has 1 N–H and O–H groups in total. The Morgan fingerprint density at radius 1 is 1.47 bits per heavy atom. The van der Waals surface area contributed by atoms with Crippen molar-refractivity contribution in [1.29, 1.82) is 0 Å². The van der Waals surface area contributed by atoms with Gasteiger partial charge in [-0.1, -0.05) is 20.3 Å². The van der Waals surface area contributed by atoms with Crippen LogP contribution in [0.3, 0.4) is 0 Å². The Morgan fingerprint density at radius 2 is 2.33 bits per heavy atom. The highest BCUT2D eigenvalue weighted by atomic mass is 32.1. The standard InChI is InChI=1S/C11H20N2OS/c1-3-5-6-14-8-10-9-15-11(13-10)7-12-4-2/h9,12H,3-8H2,1-2H3. The first kappa shape index (κ1) is 12.6. The molecular weight excluding hydrogens is 208 g/mol. The second-order valence-electron chi connectivity index (χ2n) is 3.42. The molecule has 0 bridgehead atoms. The third-order valence-corrected chi connectivity index (χ3v) is 2.92. The zero-order valence-electron chi connectivity index (χ0n) is 9.58. The Hall–Kier alpha value is -0.450. The third kappa shape index (κ3) is 5.25. The highest BCUT2D eigenvalue weighted by Crippen LogP contribution is 2.10. The van der Waals surface area contributed by atoms with E-state index < -0.39 is 0 Å². The first-order chi connectivity index (χ1) is 7.36. The van der Waals surface area contributed by atoms with Crippen molar-refractivity contribution in [3.05, 3.63) is 16.1 Å². The molecule has 0 unspecified atom stereocenters. The van der Waals surface area contributed by atoms with E-state index in [1.54, 1.807) is 11.3 Å². The van der Waals surface area contributed by atoms with E-state index in [-0.39, 0.29) is 0 Å². The minimum atomic E-state index is 0.655. The third-order valence-electron chi connectivity index (χ3n) is 2.02. The fraction of sp³-hybridized carbons (Fsp3) is 0.727. The maximum Gasteiger partial charge on any atom is 0.107 e. The van der Waals surface area contributed by atoms with Gasteiger partial charge in [0.25, 0.3) is 0 Å². The molecule has 4 heteroatoms. The largest absolute Gasteiger partial charge is 0.375 e. The van der Waals surface area contributed by atoms with Gasteiger partial charge in [0.1, 0.15) is 5.01 Å². The second-order valence-corrected chi connectivity index (χ2v) is 4.36. The van der Waals surface area contributed by atoms with Crippen LogP contribution in [0.25, 0.3) is 0 Å². The molecule has 0 aliphatic rings. The molecule has 1 rings (SSSR count). The van der Waals surface area contributed by atoms with E-state index in [0.717, 1.165) is 36.8 Å². The first-order valence-electron chi connectivity index (χ1n) is 5.58. The summed E-state index contributed by atoms with van der Waals surface area (Å²) >= 11 is 1.70. The fourth-order valence-electron chi connectivity index (χ4n) is 1.15. The van der Waals surface area contributed by atoms with Crippen molar-refractivity contribution in [2.45, 2.75) is 39.8 Å². The molecule has 0 radical (unpaired) electrons. The molecule has 1 heterocycles. The second kappa shape index (κ2) is 7.79. The van der Waals surface area contributed by atoms with Gasteiger partial charge in [-0.05, 0) is 13.0 Å². The van der Waals surface area contributed by atoms with Gasteiger partial charge < -0.3 is 10.1 Å². The number of rotatable bonds is 8. The predicted molar refractivity (Wildman–Crippen MR) is 64.1 cm³/mol. The summed E-state index contributed by atoms with van der Waals surface area (Å²) in [6, 6.07) is 0. The molecule has 0 fully saturated rings. The summed E-state index contributed by atoms with van der Waals surface area (Å²) in [7, 11) is 0. The molecule has 0 saturated heterocycles. The topological polar surface area (TPSA) is 34.1 Å². The number of nitrogens with one attached hydrogen (secondary N) is 1. The molecule has 3 nitrogen and oxygen atoms in total. The Morgan fingerprint density at radius 3 is 3.07 bits per heavy atom. The maximum absolute atomic E-state index is 5.50. The molecule has 0 atom stereocenters. The van der Waals surface area contributed by atoms with Crippen molar-refractivity contribution >= 4 is 11.3 Å². The lowest BCUT2D eigenvalue weighted by atomic mass is 10.4. The quantitative estimate of drug-likeness (QED) is 0.694. The van der Waals surface area contributed by atoms with Crippen LogP contribution in [0.1, 0.15) is 37.4 Å². The molecular formula is C11H20N2OS. The number of hydrogen-bond donors (Lipinski definition) is 1. The molecule has 1 aromatic heterocycles. The summed E-state index contributed by atoms with van der Waals surface area (Å²) in [5.41, 5.74) is 1.06. The van der Waals surface area contributed by atoms with E-state index >= 15 is 0 Å². The van der Waals surface area contributed by atoms with Crippen LogP contribution < -0.4 is 5.32 Å². The van der Waals surface area contributed by atoms with Crippen LogP contribution in [-0.2, 0) is 17.9 Å². The average Bonchev–Trinajstić information content (AvgIpc) is 2.69. The zero-order valence-corrected chi connectivity index (χ0v) is 10.4. The zero-order chi connectivity index (χ0) is 10.9. The number of unbranched alkanes of at least 4 members (excludes halogenated alkanes) is 1. The van der Waals surface area contributed by atoms with Gasteiger partial charge in [0.05, 0.1) is 12.3 Å². The molecule has 86 valence electrons. The smallest absolute Gasteiger partial charge is 0.107 e. The molecule has 0 aliphatic carbocycles. The van der Waals surface area contributed by atoms with Gasteiger partial charge in [0.2, 0.25) is 0 Å². The van der Waals surface area contributed by atoms with Crippen LogP contribution >= 0.6 is 11.3 Å². The van der Waals surface area contributed by atoms with Crippen molar-refractivity contribution in [1.82, 2.24) is 10.3 Å². The van der Waals surface area contributed by atoms with Crippen LogP contribution in [0.2, 0.25) is 0 Å². The number of aromatic nitrogens is 1. The fourth-order valence-corrected chi connectivity index (χ4v) is 1.90. The van der Waals surface area contributed by atoms with Crippen molar-refractivity contribution < 1.29 is 4.74 Å². The summed E-state index contributed by atoms with van der Waals surface area (Å²) in [5.74, 6) is 0. The molecule has 0 saturated carbocycles. The molecule has 1 aromatic rings. The lowest BCUT2D eigenvalue weighted by molar-refractivity contribution is 0.116. The molecule has 0 amide bonds. The van der Waals surface area contributed by atoms with Gasteiger partial charge in [-0.2, -0.15) is 0 Å². The maximum atomic E-state index is 5.50. The lowest BCUT2D eigenvalue weighted by Gasteiger charge is -1.99. The summed E-state index contributed by atoms with van der Waals surface area (Å²) in [6.07, 6.45) is 2.32. The monoisotopic (exact) mass is 228 g/mol. The average molecular weight is 228 g/mol. The van der Waals surface area contributed by atoms with Crippen LogP contribution in [0.5, 0.6) is 0 Å². The van der Waals surface area contributed by atoms with E-state index in [0.29, 0.717) is 6.61 Å². The van der Waals surface area contributed by atoms with Crippen LogP contribution in [0.4, 0.5) is 0 Å². The van der Waals surface area contributed by atoms with Crippen molar-refractivity contribution in [3.8, 4) is 0 Å². The Labute approximate surface area is 95.9 Å². The molecule has 15 heavy (non-hydrogen) atoms. The molecule has 0 spiro atoms. The number of nitrogens with zero attached hydrogens (tertiary/aromatic N) is 1. The molecule has 0 aromatic carbocycles. The Kier molecular flexibility index (Phi) is 6.55. The minimum Gasteiger partial charge on any atom is -0.375 e. The summed E-state index contributed by atoms with van der Waals surface area (Å²) in [5, 5.41) is 6.49. The van der Waals surface area contributed by atoms with E-state index in [4.69, 9.17) is 4.74 Å². The van der Waals surface area contributed by atoms with Crippen molar-refractivity contribution in [2.24, 2.45) is 0 Å². The van der Waals surface area contributed by atoms with E-state index in [2.05, 4.69) is 29.5 Å². The van der Waals surface area contributed by atoms with Crippen molar-refractivity contribution in [3.63, 3.8) is 0 Å². The van der Waals surface area contributed by atoms with Gasteiger partial charge >= 0.3 is 0 Å². The Bertz CT molecular complexity index is 263. The van der Waals surface area contributed by atoms with Gasteiger partial charge in [-0.25, -0.2) is 4.98 Å². The van der Waals surface area contributed by atoms with Gasteiger partial charge in [0.15, 0.2) is 0 Å². The van der Waals surface area contributed by atoms with Gasteiger partial charge in [-0.15, -0.1) is 11.3 Å². The van der Waals surface area contributed by atoms with E-state index in [1.807, 2.05) is 0 Å². The summed E-state index contributed by atoms with van der Waals surface area (Å²) < 4.78 is 5.50. The normalized spacial score (nSPS) is 10.8. The SMILES string of the molecule is CCCCOCc1csc(CNCC)n1. The lowest BCUT2D eigenvalue weighted by Crippen LogP contribution is -2.11. The van der Waals surface area contributed by atoms with Gasteiger partial charge in [0, 0.05) is 18.5 Å². The van der Waals surface area contributed by atoms with Crippen LogP contribution in [-0.4, -0.2) is 18.1 Å². The first-order valence-corrected chi connectivity index (χ1v) is 6.46. The Balaban J connectivity index is 2.20. The van der Waals surface area contributed by atoms with Crippen LogP contribution in [0, 0.1) is 0 Å². The van der Waals surface area contributed by atoms with Crippen molar-refractivity contribution in [2.75, 3.05) is 13.2 Å². The van der Waals surface area contributed by atoms with Gasteiger partial charge in [-0.3, -0.25) is 0 Å². The highest BCUT2D eigenvalue weighted by molar-refractivity contribution is 7.09. The number of hydrogen-bond acceptors (Lipinski definition) is 4. The van der Waals surface area contributed by atoms with E-state index in [1.165, 1.54) is 6.42 Å². The van der Waals surface area contributed by atoms with E-state index in [9.17, 15) is 0 Å². The predicted octanol–water partition coefficient (Wildman–Crippen LogP) is 2.57. The summed E-state index contributed by atoms with van der Waals surface area (Å²) in [4.78, 5) is 4.48. The van der Waals surface area contributed by atoms with Crippen LogP contribution in [0.15, 0.2) is 5.38 Å².